The van der Waals surface area contributed by atoms with Crippen molar-refractivity contribution >= 4 is 11.7 Å². The SMILES string of the molecule is c1ccc(C2N=C(c3ccnc(C4=NC(c5ccccc5)NN4)c3)NN2)cc1. The van der Waals surface area contributed by atoms with E-state index in [0.29, 0.717) is 5.84 Å². The average Bonchev–Trinajstić information content (AvgIpc) is 3.46. The lowest BCUT2D eigenvalue weighted by atomic mass is 10.2. The van der Waals surface area contributed by atoms with Crippen LogP contribution in [0.1, 0.15) is 34.7 Å². The molecule has 28 heavy (non-hydrogen) atoms. The van der Waals surface area contributed by atoms with Gasteiger partial charge in [-0.1, -0.05) is 60.7 Å². The first-order valence-corrected chi connectivity index (χ1v) is 9.12. The number of hydrazine groups is 2. The molecule has 0 bridgehead atoms. The third-order valence-corrected chi connectivity index (χ3v) is 4.68. The Morgan fingerprint density at radius 1 is 0.643 bits per heavy atom. The van der Waals surface area contributed by atoms with E-state index >= 15 is 0 Å². The Kier molecular flexibility index (Phi) is 4.29. The molecule has 4 N–H and O–H groups in total. The Morgan fingerprint density at radius 3 is 1.86 bits per heavy atom. The molecule has 2 aliphatic rings. The molecule has 0 aliphatic carbocycles. The topological polar surface area (TPSA) is 85.7 Å². The fraction of sp³-hybridized carbons (Fsp3) is 0.0952. The van der Waals surface area contributed by atoms with Gasteiger partial charge >= 0.3 is 0 Å². The number of hydrogen-bond donors (Lipinski definition) is 4. The number of aliphatic imine (C=N–C) groups is 2. The summed E-state index contributed by atoms with van der Waals surface area (Å²) in [5, 5.41) is 0. The molecule has 0 spiro atoms. The van der Waals surface area contributed by atoms with Crippen molar-refractivity contribution in [1.82, 2.24) is 26.7 Å². The lowest BCUT2D eigenvalue weighted by Gasteiger charge is -2.06. The molecular weight excluding hydrogens is 350 g/mol. The summed E-state index contributed by atoms with van der Waals surface area (Å²) in [6.45, 7) is 0. The van der Waals surface area contributed by atoms with Gasteiger partial charge < -0.3 is 10.9 Å². The molecule has 0 amide bonds. The van der Waals surface area contributed by atoms with Crippen molar-refractivity contribution in [3.05, 3.63) is 101 Å². The van der Waals surface area contributed by atoms with Crippen LogP contribution in [-0.2, 0) is 0 Å². The van der Waals surface area contributed by atoms with E-state index in [9.17, 15) is 0 Å². The van der Waals surface area contributed by atoms with Gasteiger partial charge in [0.25, 0.3) is 0 Å². The molecule has 1 aromatic heterocycles. The van der Waals surface area contributed by atoms with Gasteiger partial charge in [0.05, 0.1) is 0 Å². The molecule has 5 rings (SSSR count). The summed E-state index contributed by atoms with van der Waals surface area (Å²) in [4.78, 5) is 13.9. The third kappa shape index (κ3) is 3.24. The summed E-state index contributed by atoms with van der Waals surface area (Å²) >= 11 is 0. The van der Waals surface area contributed by atoms with Crippen molar-refractivity contribution in [2.24, 2.45) is 9.98 Å². The van der Waals surface area contributed by atoms with Gasteiger partial charge in [-0.2, -0.15) is 0 Å². The van der Waals surface area contributed by atoms with E-state index in [-0.39, 0.29) is 12.3 Å². The lowest BCUT2D eigenvalue weighted by molar-refractivity contribution is 0.574. The molecule has 7 heteroatoms. The molecular formula is C21H19N7. The normalized spacial score (nSPS) is 20.9. The maximum Gasteiger partial charge on any atom is 0.163 e. The number of rotatable bonds is 4. The zero-order valence-corrected chi connectivity index (χ0v) is 15.0. The predicted molar refractivity (Wildman–Crippen MR) is 108 cm³/mol. The van der Waals surface area contributed by atoms with Crippen molar-refractivity contribution in [3.8, 4) is 0 Å². The number of aromatic nitrogens is 1. The molecule has 2 aromatic carbocycles. The van der Waals surface area contributed by atoms with E-state index in [1.54, 1.807) is 6.20 Å². The molecule has 2 atom stereocenters. The zero-order valence-electron chi connectivity index (χ0n) is 15.0. The summed E-state index contributed by atoms with van der Waals surface area (Å²) in [5.41, 5.74) is 16.6. The fourth-order valence-electron chi connectivity index (χ4n) is 3.23. The zero-order chi connectivity index (χ0) is 18.8. The maximum absolute atomic E-state index is 4.75. The van der Waals surface area contributed by atoms with Crippen molar-refractivity contribution in [2.75, 3.05) is 0 Å². The molecule has 3 heterocycles. The smallest absolute Gasteiger partial charge is 0.163 e. The molecule has 0 fully saturated rings. The number of nitrogens with zero attached hydrogens (tertiary/aromatic N) is 3. The Balaban J connectivity index is 1.39. The van der Waals surface area contributed by atoms with Crippen LogP contribution in [0.3, 0.4) is 0 Å². The number of hydrogen-bond acceptors (Lipinski definition) is 7. The summed E-state index contributed by atoms with van der Waals surface area (Å²) in [5.74, 6) is 1.49. The Bertz CT molecular complexity index is 950. The minimum absolute atomic E-state index is 0.112. The van der Waals surface area contributed by atoms with Crippen molar-refractivity contribution in [1.29, 1.82) is 0 Å². The van der Waals surface area contributed by atoms with Crippen molar-refractivity contribution in [2.45, 2.75) is 12.3 Å². The molecule has 2 unspecified atom stereocenters. The first kappa shape index (κ1) is 16.6. The minimum Gasteiger partial charge on any atom is -0.303 e. The van der Waals surface area contributed by atoms with E-state index in [1.165, 1.54) is 0 Å². The Labute approximate surface area is 162 Å². The largest absolute Gasteiger partial charge is 0.303 e. The third-order valence-electron chi connectivity index (χ3n) is 4.68. The first-order chi connectivity index (χ1) is 13.9. The van der Waals surface area contributed by atoms with Gasteiger partial charge in [0.1, 0.15) is 23.9 Å². The number of benzene rings is 2. The first-order valence-electron chi connectivity index (χ1n) is 9.12. The highest BCUT2D eigenvalue weighted by atomic mass is 15.5. The molecule has 3 aromatic rings. The van der Waals surface area contributed by atoms with E-state index in [0.717, 1.165) is 28.2 Å². The van der Waals surface area contributed by atoms with Crippen LogP contribution in [-0.4, -0.2) is 16.7 Å². The van der Waals surface area contributed by atoms with Crippen LogP contribution in [0, 0.1) is 0 Å². The lowest BCUT2D eigenvalue weighted by Crippen LogP contribution is -2.33. The summed E-state index contributed by atoms with van der Waals surface area (Å²) in [7, 11) is 0. The van der Waals surface area contributed by atoms with Crippen LogP contribution in [0.2, 0.25) is 0 Å². The van der Waals surface area contributed by atoms with Gasteiger partial charge in [0, 0.05) is 11.8 Å². The van der Waals surface area contributed by atoms with Gasteiger partial charge in [-0.25, -0.2) is 20.8 Å². The van der Waals surface area contributed by atoms with Gasteiger partial charge in [0.2, 0.25) is 0 Å². The van der Waals surface area contributed by atoms with Crippen LogP contribution in [0.4, 0.5) is 0 Å². The highest BCUT2D eigenvalue weighted by Crippen LogP contribution is 2.20. The Morgan fingerprint density at radius 2 is 1.21 bits per heavy atom. The average molecular weight is 369 g/mol. The summed E-state index contributed by atoms with van der Waals surface area (Å²) in [6.07, 6.45) is 1.52. The molecule has 7 nitrogen and oxygen atoms in total. The van der Waals surface area contributed by atoms with Gasteiger partial charge in [0.15, 0.2) is 5.84 Å². The monoisotopic (exact) mass is 369 g/mol. The summed E-state index contributed by atoms with van der Waals surface area (Å²) in [6, 6.07) is 24.1. The standard InChI is InChI=1S/C21H19N7/c1-3-7-14(8-4-1)18-23-20(27-25-18)16-11-12-22-17(13-16)21-24-19(26-28-21)15-9-5-2-6-10-15/h1-13,18-19,25-26H,(H,23,27)(H,24,28). The van der Waals surface area contributed by atoms with Crippen LogP contribution >= 0.6 is 0 Å². The number of pyridine rings is 1. The van der Waals surface area contributed by atoms with Crippen LogP contribution < -0.4 is 21.7 Å². The highest BCUT2D eigenvalue weighted by Gasteiger charge is 2.22. The number of nitrogens with one attached hydrogen (secondary N) is 4. The van der Waals surface area contributed by atoms with Gasteiger partial charge in [-0.05, 0) is 23.3 Å². The van der Waals surface area contributed by atoms with E-state index in [4.69, 9.17) is 9.98 Å². The molecule has 0 saturated heterocycles. The minimum atomic E-state index is -0.132. The van der Waals surface area contributed by atoms with Crippen LogP contribution in [0.25, 0.3) is 0 Å². The second-order valence-corrected chi connectivity index (χ2v) is 6.55. The Hall–Kier alpha value is -3.55. The molecule has 0 saturated carbocycles. The number of amidine groups is 2. The molecule has 0 radical (unpaired) electrons. The van der Waals surface area contributed by atoms with Crippen molar-refractivity contribution < 1.29 is 0 Å². The van der Waals surface area contributed by atoms with Gasteiger partial charge in [-0.3, -0.25) is 4.98 Å². The van der Waals surface area contributed by atoms with E-state index in [2.05, 4.69) is 38.8 Å². The predicted octanol–water partition coefficient (Wildman–Crippen LogP) is 2.19. The fourth-order valence-corrected chi connectivity index (χ4v) is 3.23. The molecule has 138 valence electrons. The molecule has 2 aliphatic heterocycles. The van der Waals surface area contributed by atoms with E-state index in [1.807, 2.05) is 60.7 Å². The summed E-state index contributed by atoms with van der Waals surface area (Å²) < 4.78 is 0. The maximum atomic E-state index is 4.75. The highest BCUT2D eigenvalue weighted by molar-refractivity contribution is 6.03. The van der Waals surface area contributed by atoms with Gasteiger partial charge in [-0.15, -0.1) is 0 Å². The second-order valence-electron chi connectivity index (χ2n) is 6.55. The van der Waals surface area contributed by atoms with Crippen molar-refractivity contribution in [3.63, 3.8) is 0 Å². The van der Waals surface area contributed by atoms with E-state index < -0.39 is 0 Å². The second kappa shape index (κ2) is 7.22. The van der Waals surface area contributed by atoms with Crippen LogP contribution in [0.15, 0.2) is 89.0 Å². The quantitative estimate of drug-likeness (QED) is 0.566. The van der Waals surface area contributed by atoms with Crippen LogP contribution in [0.5, 0.6) is 0 Å².